The fraction of sp³-hybridized carbons (Fsp3) is 0.810. The van der Waals surface area contributed by atoms with Gasteiger partial charge in [0.25, 0.3) is 0 Å². The Bertz CT molecular complexity index is 428. The summed E-state index contributed by atoms with van der Waals surface area (Å²) in [6.45, 7) is 7.25. The Morgan fingerprint density at radius 1 is 1.08 bits per heavy atom. The summed E-state index contributed by atoms with van der Waals surface area (Å²) >= 11 is -1.30. The summed E-state index contributed by atoms with van der Waals surface area (Å²) in [6, 6.07) is 0. The zero-order chi connectivity index (χ0) is 16.8. The number of halogens is 2. The van der Waals surface area contributed by atoms with E-state index in [1.807, 2.05) is 3.88 Å². The molecule has 0 bridgehead atoms. The minimum atomic E-state index is -1.30. The Labute approximate surface area is 175 Å². The molecule has 0 spiro atoms. The fourth-order valence-corrected chi connectivity index (χ4v) is 11.5. The molecular weight excluding hydrogens is 385 g/mol. The van der Waals surface area contributed by atoms with Crippen LogP contribution in [0.4, 0.5) is 0 Å². The average molecular weight is 425 g/mol. The van der Waals surface area contributed by atoms with Crippen molar-refractivity contribution in [3.63, 3.8) is 0 Å². The fourth-order valence-electron chi connectivity index (χ4n) is 4.57. The topological polar surface area (TPSA) is 3.24 Å². The monoisotopic (exact) mass is 424 g/mol. The molecule has 2 aliphatic rings. The van der Waals surface area contributed by atoms with E-state index in [1.54, 1.807) is 5.57 Å². The van der Waals surface area contributed by atoms with Crippen LogP contribution in [0.25, 0.3) is 0 Å². The van der Waals surface area contributed by atoms with Crippen LogP contribution in [0.1, 0.15) is 78.6 Å². The third-order valence-electron chi connectivity index (χ3n) is 5.95. The van der Waals surface area contributed by atoms with Crippen molar-refractivity contribution in [2.45, 2.75) is 87.1 Å². The van der Waals surface area contributed by atoms with Crippen molar-refractivity contribution < 1.29 is 17.9 Å². The van der Waals surface area contributed by atoms with Gasteiger partial charge in [-0.2, -0.15) is 0 Å². The van der Waals surface area contributed by atoms with Crippen LogP contribution < -0.4 is 0 Å². The molecule has 2 atom stereocenters. The van der Waals surface area contributed by atoms with Gasteiger partial charge in [0.2, 0.25) is 0 Å². The van der Waals surface area contributed by atoms with E-state index in [0.29, 0.717) is 0 Å². The molecule has 1 saturated carbocycles. The quantitative estimate of drug-likeness (QED) is 0.374. The maximum absolute atomic E-state index is 2.57. The van der Waals surface area contributed by atoms with Gasteiger partial charge < -0.3 is 0 Å². The van der Waals surface area contributed by atoms with Crippen molar-refractivity contribution in [2.24, 2.45) is 5.92 Å². The molecule has 2 unspecified atom stereocenters. The number of nitrogens with zero attached hydrogens (tertiary/aromatic N) is 1. The third kappa shape index (κ3) is 6.68. The van der Waals surface area contributed by atoms with Crippen LogP contribution in [0.15, 0.2) is 21.6 Å². The van der Waals surface area contributed by atoms with Crippen molar-refractivity contribution >= 4 is 24.8 Å². The van der Waals surface area contributed by atoms with E-state index in [4.69, 9.17) is 0 Å². The summed E-state index contributed by atoms with van der Waals surface area (Å²) in [7, 11) is 4.63. The molecule has 0 aliphatic heterocycles. The number of allylic oxidation sites excluding steroid dienone is 4. The first-order valence-electron chi connectivity index (χ1n) is 10.0. The second-order valence-electron chi connectivity index (χ2n) is 7.87. The number of rotatable bonds is 8. The first kappa shape index (κ1) is 25.7. The van der Waals surface area contributed by atoms with Gasteiger partial charge in [-0.1, -0.05) is 0 Å². The van der Waals surface area contributed by atoms with Crippen molar-refractivity contribution in [1.29, 1.82) is 0 Å². The molecule has 0 aromatic carbocycles. The Morgan fingerprint density at radius 2 is 1.72 bits per heavy atom. The third-order valence-corrected chi connectivity index (χ3v) is 12.5. The number of hydrogen-bond donors (Lipinski definition) is 0. The summed E-state index contributed by atoms with van der Waals surface area (Å²) < 4.78 is 3.89. The van der Waals surface area contributed by atoms with Crippen LogP contribution in [0.5, 0.6) is 0 Å². The minimum Gasteiger partial charge on any atom is -0.147 e. The van der Waals surface area contributed by atoms with Gasteiger partial charge in [-0.05, 0) is 0 Å². The van der Waals surface area contributed by atoms with E-state index in [-0.39, 0.29) is 24.8 Å². The molecule has 0 amide bonds. The van der Waals surface area contributed by atoms with Gasteiger partial charge in [0, 0.05) is 0 Å². The van der Waals surface area contributed by atoms with E-state index >= 15 is 0 Å². The normalized spacial score (nSPS) is 21.9. The summed E-state index contributed by atoms with van der Waals surface area (Å²) in [5.74, 6) is 0.792. The molecule has 0 aromatic rings. The van der Waals surface area contributed by atoms with Gasteiger partial charge in [-0.3, -0.25) is 0 Å². The van der Waals surface area contributed by atoms with Crippen molar-refractivity contribution in [3.8, 4) is 0 Å². The molecule has 0 N–H and O–H groups in total. The molecule has 0 heterocycles. The van der Waals surface area contributed by atoms with Crippen LogP contribution >= 0.6 is 24.8 Å². The van der Waals surface area contributed by atoms with Crippen LogP contribution in [0.3, 0.4) is 0 Å². The molecule has 25 heavy (non-hydrogen) atoms. The largest absolute Gasteiger partial charge is 0.147 e. The summed E-state index contributed by atoms with van der Waals surface area (Å²) in [5.41, 5.74) is 1.76. The van der Waals surface area contributed by atoms with Crippen LogP contribution in [-0.2, 0) is 17.9 Å². The first-order valence-corrected chi connectivity index (χ1v) is 12.6. The average Bonchev–Trinajstić information content (AvgIpc) is 2.92. The van der Waals surface area contributed by atoms with Gasteiger partial charge in [0.15, 0.2) is 0 Å². The molecular formula is C21H40Cl2NTi. The summed E-state index contributed by atoms with van der Waals surface area (Å²) in [6.07, 6.45) is 17.9. The Kier molecular flexibility index (Phi) is 13.4. The van der Waals surface area contributed by atoms with Gasteiger partial charge in [-0.15, -0.1) is 24.8 Å². The zero-order valence-electron chi connectivity index (χ0n) is 17.0. The summed E-state index contributed by atoms with van der Waals surface area (Å²) in [4.78, 5) is 2.54. The molecule has 2 rings (SSSR count). The van der Waals surface area contributed by atoms with E-state index in [0.717, 1.165) is 14.5 Å². The maximum Gasteiger partial charge on any atom is -0.147 e. The zero-order valence-corrected chi connectivity index (χ0v) is 20.2. The molecule has 2 aliphatic carbocycles. The second-order valence-corrected chi connectivity index (χ2v) is 12.7. The SMILES string of the molecule is CCCC1=[C]([Ti]([CH]2CCCCC2)[CH](C)N(C)C)C(CCC)C=C1.Cl.Cl. The second kappa shape index (κ2) is 13.0. The molecule has 1 nitrogen and oxygen atoms in total. The van der Waals surface area contributed by atoms with E-state index in [9.17, 15) is 0 Å². The standard InChI is InChI=1S/C11H17.C6H11.C4H10N.2ClH.Ti/c1-3-5-10-7-8-11(9-10)6-4-2;1-2-4-6-5-3-1;1-4-5(2)3;;;/h7-8,10H,3-6H2,1-2H3;1H,2-6H2;4H,1-3H3;2*1H;. The van der Waals surface area contributed by atoms with Crippen LogP contribution in [-0.4, -0.2) is 23.3 Å². The predicted octanol–water partition coefficient (Wildman–Crippen LogP) is 7.15. The van der Waals surface area contributed by atoms with Crippen LogP contribution in [0.2, 0.25) is 4.22 Å². The van der Waals surface area contributed by atoms with Crippen LogP contribution in [0, 0.1) is 5.92 Å². The van der Waals surface area contributed by atoms with Gasteiger partial charge in [0.1, 0.15) is 0 Å². The predicted molar refractivity (Wildman–Crippen MR) is 114 cm³/mol. The molecule has 0 saturated heterocycles. The Hall–Kier alpha value is 0.734. The Morgan fingerprint density at radius 3 is 2.24 bits per heavy atom. The van der Waals surface area contributed by atoms with Gasteiger partial charge in [-0.25, -0.2) is 0 Å². The molecule has 0 radical (unpaired) electrons. The van der Waals surface area contributed by atoms with E-state index in [1.165, 1.54) is 57.8 Å². The smallest absolute Gasteiger partial charge is 0.147 e. The Balaban J connectivity index is 0.00000288. The van der Waals surface area contributed by atoms with Gasteiger partial charge >= 0.3 is 152 Å². The maximum atomic E-state index is 2.57. The molecule has 147 valence electrons. The molecule has 0 aromatic heterocycles. The van der Waals surface area contributed by atoms with Crippen molar-refractivity contribution in [2.75, 3.05) is 14.1 Å². The van der Waals surface area contributed by atoms with Crippen molar-refractivity contribution in [3.05, 3.63) is 21.6 Å². The summed E-state index contributed by atoms with van der Waals surface area (Å²) in [5, 5.41) is 0. The first-order chi connectivity index (χ1) is 11.1. The van der Waals surface area contributed by atoms with E-state index < -0.39 is 17.9 Å². The molecule has 1 fully saturated rings. The molecule has 4 heteroatoms. The number of hydrogen-bond acceptors (Lipinski definition) is 1. The van der Waals surface area contributed by atoms with Gasteiger partial charge in [0.05, 0.1) is 0 Å². The van der Waals surface area contributed by atoms with Crippen molar-refractivity contribution in [1.82, 2.24) is 4.90 Å². The minimum absolute atomic E-state index is 0. The van der Waals surface area contributed by atoms with E-state index in [2.05, 4.69) is 51.9 Å².